The van der Waals surface area contributed by atoms with Crippen LogP contribution < -0.4 is 5.32 Å². The highest BCUT2D eigenvalue weighted by atomic mass is 16.3. The molecule has 23 heavy (non-hydrogen) atoms. The molecular formula is C16H10N6O. The zero-order valence-electron chi connectivity index (χ0n) is 11.8. The lowest BCUT2D eigenvalue weighted by Gasteiger charge is -2.03. The fraction of sp³-hybridized carbons (Fsp3) is 0. The Labute approximate surface area is 130 Å². The number of anilines is 1. The molecule has 0 amide bonds. The van der Waals surface area contributed by atoms with Crippen LogP contribution in [0.2, 0.25) is 0 Å². The van der Waals surface area contributed by atoms with E-state index in [4.69, 9.17) is 4.42 Å². The Balaban J connectivity index is 1.82. The number of rotatable bonds is 3. The maximum atomic E-state index is 9.22. The summed E-state index contributed by atoms with van der Waals surface area (Å²) in [6.45, 7) is 0. The largest absolute Gasteiger partial charge is 0.456 e. The van der Waals surface area contributed by atoms with Crippen molar-refractivity contribution >= 4 is 33.2 Å². The lowest BCUT2D eigenvalue weighted by molar-refractivity contribution is 0.669. The highest BCUT2D eigenvalue weighted by molar-refractivity contribution is 6.11. The number of tetrazole rings is 1. The van der Waals surface area contributed by atoms with Crippen LogP contribution in [0.25, 0.3) is 27.5 Å². The first-order valence-corrected chi connectivity index (χ1v) is 6.87. The zero-order chi connectivity index (χ0) is 15.6. The Kier molecular flexibility index (Phi) is 2.99. The summed E-state index contributed by atoms with van der Waals surface area (Å²) < 4.78 is 5.83. The van der Waals surface area contributed by atoms with Gasteiger partial charge in [0, 0.05) is 17.3 Å². The molecule has 0 atom stereocenters. The Hall–Kier alpha value is -3.66. The Morgan fingerprint density at radius 2 is 2.04 bits per heavy atom. The molecule has 2 aromatic heterocycles. The van der Waals surface area contributed by atoms with E-state index in [0.717, 1.165) is 27.6 Å². The number of hydrogen-bond acceptors (Lipinski definition) is 6. The maximum Gasteiger partial charge on any atom is 0.216 e. The summed E-state index contributed by atoms with van der Waals surface area (Å²) in [6.07, 6.45) is 1.56. The van der Waals surface area contributed by atoms with Crippen molar-refractivity contribution in [2.24, 2.45) is 0 Å². The number of hydrogen-bond donors (Lipinski definition) is 2. The van der Waals surface area contributed by atoms with Crippen molar-refractivity contribution in [3.05, 3.63) is 54.5 Å². The number of nitrogens with zero attached hydrogens (tertiary/aromatic N) is 4. The van der Waals surface area contributed by atoms with Crippen LogP contribution in [-0.2, 0) is 0 Å². The number of aromatic amines is 1. The molecule has 0 aliphatic rings. The van der Waals surface area contributed by atoms with Crippen molar-refractivity contribution in [2.45, 2.75) is 0 Å². The molecule has 7 heteroatoms. The van der Waals surface area contributed by atoms with Gasteiger partial charge in [-0.2, -0.15) is 10.5 Å². The molecule has 7 nitrogen and oxygen atoms in total. The van der Waals surface area contributed by atoms with Crippen LogP contribution in [0.1, 0.15) is 5.82 Å². The fourth-order valence-corrected chi connectivity index (χ4v) is 2.47. The van der Waals surface area contributed by atoms with E-state index in [1.807, 2.05) is 48.5 Å². The average molecular weight is 302 g/mol. The average Bonchev–Trinajstić information content (AvgIpc) is 3.23. The highest BCUT2D eigenvalue weighted by Gasteiger charge is 2.11. The third-order valence-corrected chi connectivity index (χ3v) is 3.48. The second-order valence-electron chi connectivity index (χ2n) is 4.83. The summed E-state index contributed by atoms with van der Waals surface area (Å²) in [4.78, 5) is 0. The fourth-order valence-electron chi connectivity index (χ4n) is 2.47. The molecule has 0 fully saturated rings. The van der Waals surface area contributed by atoms with Crippen LogP contribution in [-0.4, -0.2) is 20.6 Å². The van der Waals surface area contributed by atoms with Crippen molar-refractivity contribution in [3.8, 4) is 6.07 Å². The van der Waals surface area contributed by atoms with Crippen LogP contribution in [0.4, 0.5) is 5.69 Å². The van der Waals surface area contributed by atoms with E-state index < -0.39 is 0 Å². The SMILES string of the molecule is N#CC(=CNc1cccc2oc3ccccc3c12)c1nn[nH]n1. The van der Waals surface area contributed by atoms with E-state index in [1.54, 1.807) is 6.20 Å². The van der Waals surface area contributed by atoms with E-state index in [1.165, 1.54) is 0 Å². The van der Waals surface area contributed by atoms with Crippen LogP contribution >= 0.6 is 0 Å². The number of furan rings is 1. The number of H-pyrrole nitrogens is 1. The van der Waals surface area contributed by atoms with E-state index in [2.05, 4.69) is 25.9 Å². The summed E-state index contributed by atoms with van der Waals surface area (Å²) in [7, 11) is 0. The summed E-state index contributed by atoms with van der Waals surface area (Å²) >= 11 is 0. The third-order valence-electron chi connectivity index (χ3n) is 3.48. The van der Waals surface area contributed by atoms with Crippen LogP contribution in [0.3, 0.4) is 0 Å². The minimum atomic E-state index is 0.240. The zero-order valence-corrected chi connectivity index (χ0v) is 11.8. The molecule has 0 bridgehead atoms. The monoisotopic (exact) mass is 302 g/mol. The smallest absolute Gasteiger partial charge is 0.216 e. The topological polar surface area (TPSA) is 103 Å². The summed E-state index contributed by atoms with van der Waals surface area (Å²) in [6, 6.07) is 15.6. The number of nitrogens with one attached hydrogen (secondary N) is 2. The van der Waals surface area contributed by atoms with Gasteiger partial charge in [-0.3, -0.25) is 0 Å². The van der Waals surface area contributed by atoms with E-state index >= 15 is 0 Å². The number of allylic oxidation sites excluding steroid dienone is 1. The van der Waals surface area contributed by atoms with Gasteiger partial charge in [0.1, 0.15) is 22.8 Å². The van der Waals surface area contributed by atoms with Gasteiger partial charge in [0.05, 0.1) is 5.39 Å². The van der Waals surface area contributed by atoms with Crippen LogP contribution in [0.5, 0.6) is 0 Å². The van der Waals surface area contributed by atoms with Crippen molar-refractivity contribution < 1.29 is 4.42 Å². The highest BCUT2D eigenvalue weighted by Crippen LogP contribution is 2.34. The first kappa shape index (κ1) is 13.0. The lowest BCUT2D eigenvalue weighted by atomic mass is 10.1. The Morgan fingerprint density at radius 3 is 2.87 bits per heavy atom. The molecule has 0 unspecified atom stereocenters. The molecule has 0 saturated carbocycles. The Bertz CT molecular complexity index is 1060. The molecule has 2 heterocycles. The second-order valence-corrected chi connectivity index (χ2v) is 4.83. The molecule has 4 aromatic rings. The van der Waals surface area contributed by atoms with E-state index in [-0.39, 0.29) is 11.4 Å². The van der Waals surface area contributed by atoms with Gasteiger partial charge >= 0.3 is 0 Å². The Morgan fingerprint density at radius 1 is 1.17 bits per heavy atom. The van der Waals surface area contributed by atoms with Crippen LogP contribution in [0.15, 0.2) is 53.1 Å². The van der Waals surface area contributed by atoms with Crippen LogP contribution in [0, 0.1) is 11.3 Å². The van der Waals surface area contributed by atoms with Crippen molar-refractivity contribution in [1.82, 2.24) is 20.6 Å². The van der Waals surface area contributed by atoms with Gasteiger partial charge in [-0.05, 0) is 23.4 Å². The minimum absolute atomic E-state index is 0.240. The van der Waals surface area contributed by atoms with Gasteiger partial charge in [0.25, 0.3) is 0 Å². The number of fused-ring (bicyclic) bond motifs is 3. The van der Waals surface area contributed by atoms with Crippen molar-refractivity contribution in [3.63, 3.8) is 0 Å². The molecular weight excluding hydrogens is 292 g/mol. The van der Waals surface area contributed by atoms with Gasteiger partial charge in [-0.25, -0.2) is 0 Å². The molecule has 2 N–H and O–H groups in total. The molecule has 2 aromatic carbocycles. The van der Waals surface area contributed by atoms with Gasteiger partial charge in [-0.1, -0.05) is 24.3 Å². The predicted octanol–water partition coefficient (Wildman–Crippen LogP) is 3.08. The maximum absolute atomic E-state index is 9.22. The number of para-hydroxylation sites is 1. The molecule has 4 rings (SSSR count). The number of benzene rings is 2. The van der Waals surface area contributed by atoms with E-state index in [0.29, 0.717) is 0 Å². The summed E-state index contributed by atoms with van der Waals surface area (Å²) in [5.74, 6) is 0.240. The standard InChI is InChI=1S/C16H10N6O/c17-8-10(16-19-21-22-20-16)9-18-12-5-3-7-14-15(12)11-4-1-2-6-13(11)23-14/h1-7,9,18H,(H,19,20,21,22). The molecule has 0 aliphatic carbocycles. The summed E-state index contributed by atoms with van der Waals surface area (Å²) in [5.41, 5.74) is 2.72. The van der Waals surface area contributed by atoms with Gasteiger partial charge < -0.3 is 9.73 Å². The number of aromatic nitrogens is 4. The quantitative estimate of drug-likeness (QED) is 0.564. The third kappa shape index (κ3) is 2.18. The normalized spacial score (nSPS) is 11.7. The second kappa shape index (κ2) is 5.27. The molecule has 0 radical (unpaired) electrons. The van der Waals surface area contributed by atoms with Crippen molar-refractivity contribution in [2.75, 3.05) is 5.32 Å². The lowest BCUT2D eigenvalue weighted by Crippen LogP contribution is -1.93. The van der Waals surface area contributed by atoms with E-state index in [9.17, 15) is 5.26 Å². The molecule has 0 saturated heterocycles. The van der Waals surface area contributed by atoms with Crippen molar-refractivity contribution in [1.29, 1.82) is 5.26 Å². The molecule has 0 aliphatic heterocycles. The minimum Gasteiger partial charge on any atom is -0.456 e. The first-order chi connectivity index (χ1) is 11.4. The number of nitriles is 1. The first-order valence-electron chi connectivity index (χ1n) is 6.87. The predicted molar refractivity (Wildman–Crippen MR) is 85.1 cm³/mol. The van der Waals surface area contributed by atoms with Gasteiger partial charge in [-0.15, -0.1) is 10.2 Å². The molecule has 0 spiro atoms. The molecule has 110 valence electrons. The van der Waals surface area contributed by atoms with Gasteiger partial charge in [0.15, 0.2) is 0 Å². The van der Waals surface area contributed by atoms with Gasteiger partial charge in [0.2, 0.25) is 5.82 Å². The summed E-state index contributed by atoms with van der Waals surface area (Å²) in [5, 5.41) is 27.7.